The molecule has 0 fully saturated rings. The van der Waals surface area contributed by atoms with Crippen LogP contribution in [0.5, 0.6) is 5.75 Å². The fourth-order valence-corrected chi connectivity index (χ4v) is 1.82. The van der Waals surface area contributed by atoms with Crippen LogP contribution in [0.15, 0.2) is 4.42 Å². The van der Waals surface area contributed by atoms with Gasteiger partial charge in [-0.3, -0.25) is 0 Å². The molecular formula is C9H6O3. The van der Waals surface area contributed by atoms with Crippen molar-refractivity contribution in [3.8, 4) is 5.75 Å². The monoisotopic (exact) mass is 162 g/mol. The highest BCUT2D eigenvalue weighted by molar-refractivity contribution is 6.10. The van der Waals surface area contributed by atoms with Crippen molar-refractivity contribution >= 4 is 17.1 Å². The molecule has 3 heterocycles. The van der Waals surface area contributed by atoms with Crippen LogP contribution in [0.4, 0.5) is 0 Å². The van der Waals surface area contributed by atoms with E-state index in [1.165, 1.54) is 0 Å². The van der Waals surface area contributed by atoms with E-state index in [0.29, 0.717) is 16.9 Å². The van der Waals surface area contributed by atoms with E-state index in [1.807, 2.05) is 13.8 Å². The molecule has 0 unspecified atom stereocenters. The van der Waals surface area contributed by atoms with E-state index in [-0.39, 0.29) is 5.97 Å². The van der Waals surface area contributed by atoms with Gasteiger partial charge in [0.25, 0.3) is 0 Å². The highest BCUT2D eigenvalue weighted by Gasteiger charge is 2.35. The van der Waals surface area contributed by atoms with Crippen molar-refractivity contribution in [3.63, 3.8) is 0 Å². The molecule has 0 amide bonds. The first-order chi connectivity index (χ1) is 5.70. The summed E-state index contributed by atoms with van der Waals surface area (Å²) in [6.07, 6.45) is 0. The highest BCUT2D eigenvalue weighted by atomic mass is 16.6. The van der Waals surface area contributed by atoms with Crippen LogP contribution in [0, 0.1) is 13.8 Å². The Morgan fingerprint density at radius 3 is 2.50 bits per heavy atom. The van der Waals surface area contributed by atoms with Gasteiger partial charge in [0.1, 0.15) is 11.1 Å². The van der Waals surface area contributed by atoms with Crippen molar-refractivity contribution in [1.82, 2.24) is 0 Å². The average Bonchev–Trinajstić information content (AvgIpc) is 2.56. The number of aryl methyl sites for hydroxylation is 2. The van der Waals surface area contributed by atoms with Gasteiger partial charge in [-0.2, -0.15) is 0 Å². The minimum atomic E-state index is -0.274. The fourth-order valence-electron chi connectivity index (χ4n) is 1.82. The fraction of sp³-hybridized carbons (Fsp3) is 0.222. The zero-order valence-electron chi connectivity index (χ0n) is 6.72. The number of rotatable bonds is 0. The highest BCUT2D eigenvalue weighted by Crippen LogP contribution is 2.45. The maximum Gasteiger partial charge on any atom is 0.348 e. The number of furan rings is 2. The van der Waals surface area contributed by atoms with Crippen LogP contribution >= 0.6 is 0 Å². The van der Waals surface area contributed by atoms with E-state index in [1.54, 1.807) is 0 Å². The van der Waals surface area contributed by atoms with Crippen molar-refractivity contribution in [3.05, 3.63) is 16.7 Å². The molecule has 1 aliphatic rings. The van der Waals surface area contributed by atoms with Crippen molar-refractivity contribution < 1.29 is 13.9 Å². The van der Waals surface area contributed by atoms with Gasteiger partial charge in [-0.1, -0.05) is 0 Å². The lowest BCUT2D eigenvalue weighted by Crippen LogP contribution is -2.00. The van der Waals surface area contributed by atoms with Gasteiger partial charge in [0, 0.05) is 11.1 Å². The Hall–Kier alpha value is -1.51. The molecule has 1 aliphatic heterocycles. The quantitative estimate of drug-likeness (QED) is 0.556. The maximum atomic E-state index is 11.2. The lowest BCUT2D eigenvalue weighted by atomic mass is 10.1. The van der Waals surface area contributed by atoms with Crippen molar-refractivity contribution in [1.29, 1.82) is 0 Å². The molecule has 3 nitrogen and oxygen atoms in total. The summed E-state index contributed by atoms with van der Waals surface area (Å²) in [5.74, 6) is 0.347. The SMILES string of the molecule is Cc1c2c3oc1c(C)c3C(=O)O2. The molecule has 2 aromatic rings. The number of carbonyl (C=O) groups is 1. The van der Waals surface area contributed by atoms with Crippen molar-refractivity contribution in [2.24, 2.45) is 0 Å². The van der Waals surface area contributed by atoms with Crippen LogP contribution in [-0.4, -0.2) is 5.97 Å². The van der Waals surface area contributed by atoms with Crippen LogP contribution < -0.4 is 4.74 Å². The van der Waals surface area contributed by atoms with E-state index in [4.69, 9.17) is 9.15 Å². The molecule has 60 valence electrons. The first kappa shape index (κ1) is 6.06. The minimum Gasteiger partial charge on any atom is -0.452 e. The van der Waals surface area contributed by atoms with Crippen LogP contribution in [0.25, 0.3) is 11.2 Å². The first-order valence-corrected chi connectivity index (χ1v) is 3.77. The number of benzene rings is 1. The van der Waals surface area contributed by atoms with E-state index in [0.717, 1.165) is 16.7 Å². The Balaban J connectivity index is 2.61. The standard InChI is InChI=1S/C9H6O3/c1-3-5-8-7(12-9(5)10)4(2)6(3)11-8/h1-2H3. The summed E-state index contributed by atoms with van der Waals surface area (Å²) < 4.78 is 10.4. The summed E-state index contributed by atoms with van der Waals surface area (Å²) >= 11 is 0. The topological polar surface area (TPSA) is 39.4 Å². The van der Waals surface area contributed by atoms with Crippen molar-refractivity contribution in [2.45, 2.75) is 13.8 Å². The number of hydrogen-bond donors (Lipinski definition) is 0. The van der Waals surface area contributed by atoms with Gasteiger partial charge in [0.2, 0.25) is 0 Å². The first-order valence-electron chi connectivity index (χ1n) is 3.77. The zero-order valence-corrected chi connectivity index (χ0v) is 6.72. The molecule has 0 saturated heterocycles. The molecule has 2 aromatic heterocycles. The summed E-state index contributed by atoms with van der Waals surface area (Å²) in [4.78, 5) is 11.2. The van der Waals surface area contributed by atoms with Gasteiger partial charge in [0.15, 0.2) is 11.3 Å². The second-order valence-electron chi connectivity index (χ2n) is 3.10. The van der Waals surface area contributed by atoms with Crippen LogP contribution in [0.2, 0.25) is 0 Å². The Labute approximate surface area is 68.3 Å². The van der Waals surface area contributed by atoms with E-state index in [2.05, 4.69) is 0 Å². The predicted octanol–water partition coefficient (Wildman–Crippen LogP) is 2.02. The molecule has 0 aliphatic carbocycles. The average molecular weight is 162 g/mol. The smallest absolute Gasteiger partial charge is 0.348 e. The van der Waals surface area contributed by atoms with Crippen LogP contribution in [0.1, 0.15) is 21.5 Å². The van der Waals surface area contributed by atoms with Gasteiger partial charge >= 0.3 is 5.97 Å². The number of hydrogen-bond acceptors (Lipinski definition) is 3. The van der Waals surface area contributed by atoms with E-state index in [9.17, 15) is 4.79 Å². The van der Waals surface area contributed by atoms with Gasteiger partial charge < -0.3 is 9.15 Å². The lowest BCUT2D eigenvalue weighted by molar-refractivity contribution is 0.0754. The number of carbonyl (C=O) groups excluding carboxylic acids is 1. The maximum absolute atomic E-state index is 11.2. The second-order valence-corrected chi connectivity index (χ2v) is 3.10. The summed E-state index contributed by atoms with van der Waals surface area (Å²) in [6, 6.07) is 0. The van der Waals surface area contributed by atoms with Gasteiger partial charge in [-0.25, -0.2) is 4.79 Å². The summed E-state index contributed by atoms with van der Waals surface area (Å²) in [5, 5.41) is 0. The van der Waals surface area contributed by atoms with Gasteiger partial charge in [0.05, 0.1) is 0 Å². The molecule has 0 spiro atoms. The Morgan fingerprint density at radius 2 is 1.83 bits per heavy atom. The molecule has 2 bridgehead atoms. The molecule has 0 N–H and O–H groups in total. The molecule has 0 saturated carbocycles. The zero-order chi connectivity index (χ0) is 8.46. The Kier molecular flexibility index (Phi) is 0.747. The summed E-state index contributed by atoms with van der Waals surface area (Å²) in [7, 11) is 0. The van der Waals surface area contributed by atoms with Gasteiger partial charge in [-0.15, -0.1) is 0 Å². The third-order valence-corrected chi connectivity index (χ3v) is 2.43. The molecule has 0 aromatic carbocycles. The van der Waals surface area contributed by atoms with Crippen LogP contribution in [-0.2, 0) is 0 Å². The summed E-state index contributed by atoms with van der Waals surface area (Å²) in [5.41, 5.74) is 3.90. The normalized spacial score (nSPS) is 14.7. The summed E-state index contributed by atoms with van der Waals surface area (Å²) in [6.45, 7) is 3.78. The molecule has 0 atom stereocenters. The number of fused-ring (bicyclic) bond motifs is 1. The molecule has 3 rings (SSSR count). The Morgan fingerprint density at radius 1 is 1.08 bits per heavy atom. The second kappa shape index (κ2) is 1.48. The largest absolute Gasteiger partial charge is 0.452 e. The lowest BCUT2D eigenvalue weighted by Gasteiger charge is -1.89. The third-order valence-electron chi connectivity index (χ3n) is 2.43. The molecule has 12 heavy (non-hydrogen) atoms. The van der Waals surface area contributed by atoms with E-state index < -0.39 is 0 Å². The van der Waals surface area contributed by atoms with Crippen molar-refractivity contribution in [2.75, 3.05) is 0 Å². The Bertz CT molecular complexity index is 493. The minimum absolute atomic E-state index is 0.274. The van der Waals surface area contributed by atoms with Gasteiger partial charge in [-0.05, 0) is 13.8 Å². The third kappa shape index (κ3) is 0.400. The molecular weight excluding hydrogens is 156 g/mol. The molecule has 3 heteroatoms. The predicted molar refractivity (Wildman–Crippen MR) is 41.8 cm³/mol. The number of ether oxygens (including phenoxy) is 1. The molecule has 0 radical (unpaired) electrons. The number of esters is 1. The van der Waals surface area contributed by atoms with Crippen LogP contribution in [0.3, 0.4) is 0 Å². The van der Waals surface area contributed by atoms with E-state index >= 15 is 0 Å².